The summed E-state index contributed by atoms with van der Waals surface area (Å²) in [6.07, 6.45) is 5.60. The summed E-state index contributed by atoms with van der Waals surface area (Å²) in [6.45, 7) is 10.4. The Kier molecular flexibility index (Phi) is 4.88. The fourth-order valence-electron chi connectivity index (χ4n) is 4.21. The molecule has 2 fully saturated rings. The average Bonchev–Trinajstić information content (AvgIpc) is 2.76. The molecule has 2 saturated heterocycles. The SMILES string of the molecule is Cc1nc(CN2CCC(C3CCN(C)CC3)CC2)n(C)c1C. The minimum Gasteiger partial charge on any atom is -0.334 e. The van der Waals surface area contributed by atoms with Gasteiger partial charge in [-0.3, -0.25) is 4.90 Å². The van der Waals surface area contributed by atoms with Crippen LogP contribution >= 0.6 is 0 Å². The summed E-state index contributed by atoms with van der Waals surface area (Å²) >= 11 is 0. The molecule has 3 rings (SSSR count). The second kappa shape index (κ2) is 6.71. The first-order valence-corrected chi connectivity index (χ1v) is 8.94. The van der Waals surface area contributed by atoms with Gasteiger partial charge in [0.2, 0.25) is 0 Å². The molecule has 22 heavy (non-hydrogen) atoms. The highest BCUT2D eigenvalue weighted by Crippen LogP contribution is 2.32. The van der Waals surface area contributed by atoms with Crippen LogP contribution in [0, 0.1) is 25.7 Å². The molecule has 0 atom stereocenters. The number of nitrogens with zero attached hydrogens (tertiary/aromatic N) is 4. The zero-order valence-electron chi connectivity index (χ0n) is 14.8. The van der Waals surface area contributed by atoms with Gasteiger partial charge in [0.25, 0.3) is 0 Å². The first-order valence-electron chi connectivity index (χ1n) is 8.94. The molecule has 0 bridgehead atoms. The molecular weight excluding hydrogens is 272 g/mol. The molecule has 0 amide bonds. The zero-order valence-corrected chi connectivity index (χ0v) is 14.8. The normalized spacial score (nSPS) is 23.3. The van der Waals surface area contributed by atoms with E-state index in [0.717, 1.165) is 18.4 Å². The van der Waals surface area contributed by atoms with Gasteiger partial charge in [0.1, 0.15) is 5.82 Å². The summed E-state index contributed by atoms with van der Waals surface area (Å²) in [7, 11) is 4.41. The van der Waals surface area contributed by atoms with E-state index in [-0.39, 0.29) is 0 Å². The Morgan fingerprint density at radius 3 is 1.95 bits per heavy atom. The molecule has 4 heteroatoms. The lowest BCUT2D eigenvalue weighted by atomic mass is 9.79. The summed E-state index contributed by atoms with van der Waals surface area (Å²) in [6, 6.07) is 0. The van der Waals surface area contributed by atoms with Crippen molar-refractivity contribution in [3.05, 3.63) is 17.2 Å². The van der Waals surface area contributed by atoms with Crippen LogP contribution in [0.5, 0.6) is 0 Å². The van der Waals surface area contributed by atoms with Gasteiger partial charge in [-0.05, 0) is 84.6 Å². The van der Waals surface area contributed by atoms with E-state index >= 15 is 0 Å². The standard InChI is InChI=1S/C18H32N4/c1-14-15(2)21(4)18(19-14)13-22-11-7-17(8-12-22)16-5-9-20(3)10-6-16/h16-17H,5-13H2,1-4H3. The molecule has 1 aromatic rings. The molecule has 124 valence electrons. The fraction of sp³-hybridized carbons (Fsp3) is 0.833. The Balaban J connectivity index is 1.50. The maximum Gasteiger partial charge on any atom is 0.123 e. The number of rotatable bonds is 3. The average molecular weight is 304 g/mol. The van der Waals surface area contributed by atoms with E-state index < -0.39 is 0 Å². The van der Waals surface area contributed by atoms with Gasteiger partial charge in [-0.1, -0.05) is 0 Å². The molecule has 0 spiro atoms. The van der Waals surface area contributed by atoms with E-state index in [4.69, 9.17) is 4.98 Å². The van der Waals surface area contributed by atoms with Crippen molar-refractivity contribution in [1.29, 1.82) is 0 Å². The summed E-state index contributed by atoms with van der Waals surface area (Å²) in [5.74, 6) is 3.18. The van der Waals surface area contributed by atoms with Crippen LogP contribution < -0.4 is 0 Å². The van der Waals surface area contributed by atoms with Crippen LogP contribution in [-0.2, 0) is 13.6 Å². The molecule has 0 aromatic carbocycles. The summed E-state index contributed by atoms with van der Waals surface area (Å²) in [4.78, 5) is 9.82. The van der Waals surface area contributed by atoms with Gasteiger partial charge in [0.15, 0.2) is 0 Å². The molecular formula is C18H32N4. The minimum absolute atomic E-state index is 0.967. The van der Waals surface area contributed by atoms with Gasteiger partial charge in [0.05, 0.1) is 12.2 Å². The van der Waals surface area contributed by atoms with Crippen LogP contribution in [0.3, 0.4) is 0 Å². The third-order valence-corrected chi connectivity index (χ3v) is 6.14. The lowest BCUT2D eigenvalue weighted by Gasteiger charge is -2.39. The van der Waals surface area contributed by atoms with Gasteiger partial charge in [-0.15, -0.1) is 0 Å². The number of imidazole rings is 1. The molecule has 2 aliphatic heterocycles. The van der Waals surface area contributed by atoms with Crippen LogP contribution in [0.25, 0.3) is 0 Å². The number of likely N-dealkylation sites (tertiary alicyclic amines) is 2. The summed E-state index contributed by atoms with van der Waals surface area (Å²) in [5.41, 5.74) is 2.48. The quantitative estimate of drug-likeness (QED) is 0.858. The van der Waals surface area contributed by atoms with E-state index in [2.05, 4.69) is 42.3 Å². The first kappa shape index (κ1) is 16.0. The smallest absolute Gasteiger partial charge is 0.123 e. The van der Waals surface area contributed by atoms with Gasteiger partial charge < -0.3 is 9.47 Å². The summed E-state index contributed by atoms with van der Waals surface area (Å²) < 4.78 is 2.26. The molecule has 0 saturated carbocycles. The maximum atomic E-state index is 4.74. The second-order valence-electron chi connectivity index (χ2n) is 7.51. The van der Waals surface area contributed by atoms with Crippen molar-refractivity contribution in [3.63, 3.8) is 0 Å². The van der Waals surface area contributed by atoms with Crippen LogP contribution in [0.2, 0.25) is 0 Å². The lowest BCUT2D eigenvalue weighted by Crippen LogP contribution is -2.39. The van der Waals surface area contributed by atoms with Crippen LogP contribution in [-0.4, -0.2) is 52.6 Å². The highest BCUT2D eigenvalue weighted by molar-refractivity contribution is 5.13. The highest BCUT2D eigenvalue weighted by atomic mass is 15.2. The van der Waals surface area contributed by atoms with Gasteiger partial charge in [0, 0.05) is 12.7 Å². The van der Waals surface area contributed by atoms with E-state index in [9.17, 15) is 0 Å². The van der Waals surface area contributed by atoms with Crippen molar-refractivity contribution in [1.82, 2.24) is 19.4 Å². The molecule has 0 radical (unpaired) electrons. The molecule has 2 aliphatic rings. The zero-order chi connectivity index (χ0) is 15.7. The van der Waals surface area contributed by atoms with Crippen LogP contribution in [0.15, 0.2) is 0 Å². The fourth-order valence-corrected chi connectivity index (χ4v) is 4.21. The van der Waals surface area contributed by atoms with Crippen LogP contribution in [0.4, 0.5) is 0 Å². The largest absolute Gasteiger partial charge is 0.334 e. The lowest BCUT2D eigenvalue weighted by molar-refractivity contribution is 0.100. The Hall–Kier alpha value is -0.870. The van der Waals surface area contributed by atoms with Gasteiger partial charge >= 0.3 is 0 Å². The molecule has 1 aromatic heterocycles. The van der Waals surface area contributed by atoms with Crippen molar-refractivity contribution < 1.29 is 0 Å². The molecule has 3 heterocycles. The van der Waals surface area contributed by atoms with E-state index in [1.807, 2.05) is 0 Å². The number of hydrogen-bond donors (Lipinski definition) is 0. The Morgan fingerprint density at radius 2 is 1.45 bits per heavy atom. The Labute approximate surface area is 135 Å². The maximum absolute atomic E-state index is 4.74. The van der Waals surface area contributed by atoms with Crippen molar-refractivity contribution in [2.45, 2.75) is 46.1 Å². The number of piperidine rings is 2. The summed E-state index contributed by atoms with van der Waals surface area (Å²) in [5, 5.41) is 0. The predicted molar refractivity (Wildman–Crippen MR) is 90.9 cm³/mol. The highest BCUT2D eigenvalue weighted by Gasteiger charge is 2.29. The number of aromatic nitrogens is 2. The molecule has 4 nitrogen and oxygen atoms in total. The third-order valence-electron chi connectivity index (χ3n) is 6.14. The topological polar surface area (TPSA) is 24.3 Å². The first-order chi connectivity index (χ1) is 10.5. The molecule has 0 N–H and O–H groups in total. The van der Waals surface area contributed by atoms with Crippen molar-refractivity contribution in [3.8, 4) is 0 Å². The Bertz CT molecular complexity index is 491. The predicted octanol–water partition coefficient (Wildman–Crippen LogP) is 2.59. The number of hydrogen-bond acceptors (Lipinski definition) is 3. The number of aryl methyl sites for hydroxylation is 1. The van der Waals surface area contributed by atoms with E-state index in [1.54, 1.807) is 0 Å². The van der Waals surface area contributed by atoms with Gasteiger partial charge in [-0.25, -0.2) is 4.98 Å². The van der Waals surface area contributed by atoms with Crippen molar-refractivity contribution in [2.75, 3.05) is 33.2 Å². The second-order valence-corrected chi connectivity index (χ2v) is 7.51. The van der Waals surface area contributed by atoms with E-state index in [1.165, 1.54) is 69.1 Å². The van der Waals surface area contributed by atoms with Crippen molar-refractivity contribution >= 4 is 0 Å². The Morgan fingerprint density at radius 1 is 0.909 bits per heavy atom. The monoisotopic (exact) mass is 304 g/mol. The van der Waals surface area contributed by atoms with E-state index in [0.29, 0.717) is 0 Å². The minimum atomic E-state index is 0.967. The van der Waals surface area contributed by atoms with Crippen LogP contribution in [0.1, 0.15) is 42.9 Å². The van der Waals surface area contributed by atoms with Gasteiger partial charge in [-0.2, -0.15) is 0 Å². The third kappa shape index (κ3) is 3.38. The molecule has 0 unspecified atom stereocenters. The molecule has 0 aliphatic carbocycles. The van der Waals surface area contributed by atoms with Crippen molar-refractivity contribution in [2.24, 2.45) is 18.9 Å².